The molecule has 1 aliphatic heterocycles. The molecule has 1 aromatic carbocycles. The van der Waals surface area contributed by atoms with Gasteiger partial charge in [0, 0.05) is 32.7 Å². The summed E-state index contributed by atoms with van der Waals surface area (Å²) in [7, 11) is 0. The largest absolute Gasteiger partial charge is 0.366 e. The molecule has 0 spiro atoms. The van der Waals surface area contributed by atoms with Crippen LogP contribution in [0.2, 0.25) is 0 Å². The molecule has 0 unspecified atom stereocenters. The third-order valence-corrected chi connectivity index (χ3v) is 4.54. The summed E-state index contributed by atoms with van der Waals surface area (Å²) in [5, 5.41) is 0. The number of hydrogen-bond donors (Lipinski definition) is 1. The second-order valence-electron chi connectivity index (χ2n) is 6.02. The van der Waals surface area contributed by atoms with E-state index in [9.17, 15) is 4.79 Å². The molecule has 1 fully saturated rings. The van der Waals surface area contributed by atoms with Crippen LogP contribution in [0.25, 0.3) is 11.0 Å². The minimum atomic E-state index is -0.421. The summed E-state index contributed by atoms with van der Waals surface area (Å²) in [5.41, 5.74) is 7.70. The van der Waals surface area contributed by atoms with Crippen LogP contribution in [0.1, 0.15) is 30.6 Å². The van der Waals surface area contributed by atoms with Gasteiger partial charge in [0.25, 0.3) is 5.91 Å². The number of imidazole rings is 1. The maximum absolute atomic E-state index is 11.7. The van der Waals surface area contributed by atoms with Crippen molar-refractivity contribution in [2.75, 3.05) is 37.6 Å². The third-order valence-electron chi connectivity index (χ3n) is 4.54. The van der Waals surface area contributed by atoms with Gasteiger partial charge in [-0.25, -0.2) is 4.98 Å². The number of primary amides is 1. The first-order valence-electron chi connectivity index (χ1n) is 8.42. The van der Waals surface area contributed by atoms with Crippen LogP contribution in [0.3, 0.4) is 0 Å². The van der Waals surface area contributed by atoms with Gasteiger partial charge < -0.3 is 15.2 Å². The number of rotatable bonds is 5. The fourth-order valence-corrected chi connectivity index (χ4v) is 3.37. The Labute approximate surface area is 136 Å². The summed E-state index contributed by atoms with van der Waals surface area (Å²) in [5.74, 6) is 0.531. The number of piperazine rings is 1. The molecule has 6 heteroatoms. The van der Waals surface area contributed by atoms with Crippen molar-refractivity contribution in [1.82, 2.24) is 14.5 Å². The zero-order valence-corrected chi connectivity index (χ0v) is 14.0. The first-order chi connectivity index (χ1) is 11.2. The lowest BCUT2D eigenvalue weighted by Crippen LogP contribution is -2.47. The molecule has 1 saturated heterocycles. The quantitative estimate of drug-likeness (QED) is 0.912. The molecule has 0 saturated carbocycles. The van der Waals surface area contributed by atoms with Crippen molar-refractivity contribution in [3.8, 4) is 0 Å². The Hall–Kier alpha value is -2.08. The molecule has 1 amide bonds. The van der Waals surface area contributed by atoms with Gasteiger partial charge in [-0.3, -0.25) is 9.69 Å². The number of amides is 1. The zero-order valence-electron chi connectivity index (χ0n) is 14.0. The number of para-hydroxylation sites is 1. The Morgan fingerprint density at radius 1 is 1.22 bits per heavy atom. The maximum Gasteiger partial charge on any atom is 0.250 e. The lowest BCUT2D eigenvalue weighted by Gasteiger charge is -2.35. The van der Waals surface area contributed by atoms with Gasteiger partial charge in [-0.15, -0.1) is 0 Å². The van der Waals surface area contributed by atoms with E-state index in [-0.39, 0.29) is 0 Å². The van der Waals surface area contributed by atoms with Crippen molar-refractivity contribution < 1.29 is 4.79 Å². The molecular weight excluding hydrogens is 290 g/mol. The van der Waals surface area contributed by atoms with Gasteiger partial charge in [0.15, 0.2) is 0 Å². The Kier molecular flexibility index (Phi) is 4.52. The van der Waals surface area contributed by atoms with Crippen LogP contribution in [0.5, 0.6) is 0 Å². The van der Waals surface area contributed by atoms with E-state index in [0.29, 0.717) is 11.1 Å². The van der Waals surface area contributed by atoms with E-state index < -0.39 is 5.91 Å². The molecule has 1 aromatic heterocycles. The summed E-state index contributed by atoms with van der Waals surface area (Å²) in [6.07, 6.45) is 1.19. The zero-order chi connectivity index (χ0) is 16.4. The lowest BCUT2D eigenvalue weighted by molar-refractivity contribution is 0.100. The van der Waals surface area contributed by atoms with Crippen LogP contribution in [0.15, 0.2) is 18.2 Å². The number of hydrogen-bond acceptors (Lipinski definition) is 4. The highest BCUT2D eigenvalue weighted by Gasteiger charge is 2.23. The Morgan fingerprint density at radius 3 is 2.57 bits per heavy atom. The summed E-state index contributed by atoms with van der Waals surface area (Å²) < 4.78 is 2.18. The number of nitrogens with zero attached hydrogens (tertiary/aromatic N) is 4. The SMILES string of the molecule is CCCN1CCN(c2nc3c(C(N)=O)cccc3n2CC)CC1. The number of carbonyl (C=O) groups excluding carboxylic acids is 1. The third kappa shape index (κ3) is 2.91. The number of carbonyl (C=O) groups is 1. The van der Waals surface area contributed by atoms with Crippen LogP contribution in [-0.2, 0) is 6.54 Å². The second kappa shape index (κ2) is 6.58. The van der Waals surface area contributed by atoms with Crippen LogP contribution >= 0.6 is 0 Å². The van der Waals surface area contributed by atoms with Crippen LogP contribution in [-0.4, -0.2) is 53.1 Å². The highest BCUT2D eigenvalue weighted by Crippen LogP contribution is 2.26. The summed E-state index contributed by atoms with van der Waals surface area (Å²) >= 11 is 0. The molecule has 2 N–H and O–H groups in total. The van der Waals surface area contributed by atoms with E-state index in [0.717, 1.165) is 50.7 Å². The van der Waals surface area contributed by atoms with E-state index in [4.69, 9.17) is 10.7 Å². The number of anilines is 1. The molecule has 23 heavy (non-hydrogen) atoms. The predicted molar refractivity (Wildman–Crippen MR) is 92.9 cm³/mol. The Bertz CT molecular complexity index is 700. The molecule has 0 atom stereocenters. The number of nitrogens with two attached hydrogens (primary N) is 1. The Balaban J connectivity index is 1.95. The fraction of sp³-hybridized carbons (Fsp3) is 0.529. The number of fused-ring (bicyclic) bond motifs is 1. The average molecular weight is 315 g/mol. The first-order valence-corrected chi connectivity index (χ1v) is 8.42. The highest BCUT2D eigenvalue weighted by atomic mass is 16.1. The van der Waals surface area contributed by atoms with E-state index in [1.807, 2.05) is 12.1 Å². The van der Waals surface area contributed by atoms with E-state index in [1.165, 1.54) is 6.42 Å². The monoisotopic (exact) mass is 315 g/mol. The summed E-state index contributed by atoms with van der Waals surface area (Å²) in [6.45, 7) is 10.4. The number of benzene rings is 1. The van der Waals surface area contributed by atoms with Crippen molar-refractivity contribution in [3.63, 3.8) is 0 Å². The molecule has 0 radical (unpaired) electrons. The van der Waals surface area contributed by atoms with Crippen molar-refractivity contribution in [2.45, 2.75) is 26.8 Å². The molecule has 6 nitrogen and oxygen atoms in total. The Morgan fingerprint density at radius 2 is 1.96 bits per heavy atom. The van der Waals surface area contributed by atoms with Gasteiger partial charge in [-0.2, -0.15) is 0 Å². The highest BCUT2D eigenvalue weighted by molar-refractivity contribution is 6.04. The molecule has 0 aliphatic carbocycles. The maximum atomic E-state index is 11.7. The van der Waals surface area contributed by atoms with E-state index in [1.54, 1.807) is 6.07 Å². The van der Waals surface area contributed by atoms with Crippen molar-refractivity contribution in [2.24, 2.45) is 5.73 Å². The number of aryl methyl sites for hydroxylation is 1. The predicted octanol–water partition coefficient (Wildman–Crippen LogP) is 1.69. The smallest absolute Gasteiger partial charge is 0.250 e. The van der Waals surface area contributed by atoms with Gasteiger partial charge in [0.1, 0.15) is 5.52 Å². The van der Waals surface area contributed by atoms with Gasteiger partial charge in [-0.1, -0.05) is 13.0 Å². The molecule has 124 valence electrons. The van der Waals surface area contributed by atoms with Crippen molar-refractivity contribution in [1.29, 1.82) is 0 Å². The van der Waals surface area contributed by atoms with Crippen molar-refractivity contribution in [3.05, 3.63) is 23.8 Å². The van der Waals surface area contributed by atoms with Gasteiger partial charge >= 0.3 is 0 Å². The molecular formula is C17H25N5O. The van der Waals surface area contributed by atoms with Gasteiger partial charge in [-0.05, 0) is 32.0 Å². The first kappa shape index (κ1) is 15.8. The van der Waals surface area contributed by atoms with Gasteiger partial charge in [0.05, 0.1) is 11.1 Å². The molecule has 2 aromatic rings. The van der Waals surface area contributed by atoms with Gasteiger partial charge in [0.2, 0.25) is 5.95 Å². The minimum Gasteiger partial charge on any atom is -0.366 e. The van der Waals surface area contributed by atoms with Crippen LogP contribution in [0.4, 0.5) is 5.95 Å². The molecule has 2 heterocycles. The minimum absolute atomic E-state index is 0.421. The van der Waals surface area contributed by atoms with E-state index >= 15 is 0 Å². The topological polar surface area (TPSA) is 67.4 Å². The summed E-state index contributed by atoms with van der Waals surface area (Å²) in [6, 6.07) is 5.63. The normalized spacial score (nSPS) is 16.2. The summed E-state index contributed by atoms with van der Waals surface area (Å²) in [4.78, 5) is 21.2. The van der Waals surface area contributed by atoms with Crippen molar-refractivity contribution >= 4 is 22.9 Å². The molecule has 3 rings (SSSR count). The second-order valence-corrected chi connectivity index (χ2v) is 6.02. The van der Waals surface area contributed by atoms with Crippen LogP contribution < -0.4 is 10.6 Å². The number of aromatic nitrogens is 2. The van der Waals surface area contributed by atoms with E-state index in [2.05, 4.69) is 28.2 Å². The van der Waals surface area contributed by atoms with Crippen LogP contribution in [0, 0.1) is 0 Å². The molecule has 0 bridgehead atoms. The standard InChI is InChI=1S/C17H25N5O/c1-3-8-20-9-11-21(12-10-20)17-19-15-13(16(18)23)6-5-7-14(15)22(17)4-2/h5-7H,3-4,8-12H2,1-2H3,(H2,18,23). The molecule has 1 aliphatic rings. The fourth-order valence-electron chi connectivity index (χ4n) is 3.37. The average Bonchev–Trinajstić information content (AvgIpc) is 2.94. The lowest BCUT2D eigenvalue weighted by atomic mass is 10.2.